The van der Waals surface area contributed by atoms with Crippen molar-refractivity contribution in [3.8, 4) is 0 Å². The Hall–Kier alpha value is -1.10. The third kappa shape index (κ3) is 3.45. The summed E-state index contributed by atoms with van der Waals surface area (Å²) in [6.45, 7) is 6.94. The number of carbonyl (C=O) groups excluding carboxylic acids is 1. The van der Waals surface area contributed by atoms with E-state index in [4.69, 9.17) is 4.74 Å². The molecule has 0 saturated carbocycles. The molecule has 0 radical (unpaired) electrons. The molecule has 1 aromatic carbocycles. The quantitative estimate of drug-likeness (QED) is 0.925. The van der Waals surface area contributed by atoms with Crippen molar-refractivity contribution in [1.29, 1.82) is 0 Å². The molecule has 22 heavy (non-hydrogen) atoms. The van der Waals surface area contributed by atoms with Crippen LogP contribution in [-0.4, -0.2) is 36.5 Å². The maximum Gasteiger partial charge on any atom is 0.256 e. The molecular weight excluding hydrogens is 300 g/mol. The van der Waals surface area contributed by atoms with Crippen LogP contribution in [0.1, 0.15) is 48.8 Å². The van der Waals surface area contributed by atoms with E-state index < -0.39 is 0 Å². The highest BCUT2D eigenvalue weighted by molar-refractivity contribution is 5.98. The van der Waals surface area contributed by atoms with Crippen LogP contribution in [0, 0.1) is 5.92 Å². The maximum absolute atomic E-state index is 12.7. The second-order valence-corrected chi connectivity index (χ2v) is 6.28. The Bertz CT molecular complexity index is 515. The second kappa shape index (κ2) is 7.44. The van der Waals surface area contributed by atoms with Crippen LogP contribution >= 0.6 is 12.4 Å². The van der Waals surface area contributed by atoms with Crippen LogP contribution in [0.4, 0.5) is 0 Å². The zero-order valence-electron chi connectivity index (χ0n) is 13.2. The van der Waals surface area contributed by atoms with Crippen molar-refractivity contribution in [2.75, 3.05) is 19.6 Å². The number of carbonyl (C=O) groups is 1. The largest absolute Gasteiger partial charge is 0.351 e. The van der Waals surface area contributed by atoms with Gasteiger partial charge in [-0.15, -0.1) is 12.4 Å². The van der Waals surface area contributed by atoms with E-state index in [2.05, 4.69) is 5.32 Å². The van der Waals surface area contributed by atoms with Crippen LogP contribution in [0.25, 0.3) is 0 Å². The van der Waals surface area contributed by atoms with Gasteiger partial charge in [0.1, 0.15) is 0 Å². The summed E-state index contributed by atoms with van der Waals surface area (Å²) in [4.78, 5) is 14.6. The minimum Gasteiger partial charge on any atom is -0.351 e. The van der Waals surface area contributed by atoms with Crippen molar-refractivity contribution in [2.24, 2.45) is 5.92 Å². The highest BCUT2D eigenvalue weighted by atomic mass is 35.5. The number of nitrogens with zero attached hydrogens (tertiary/aromatic N) is 1. The number of fused-ring (bicyclic) bond motifs is 1. The van der Waals surface area contributed by atoms with Gasteiger partial charge in [0.25, 0.3) is 5.91 Å². The minimum atomic E-state index is -0.219. The average Bonchev–Trinajstić information content (AvgIpc) is 2.74. The summed E-state index contributed by atoms with van der Waals surface area (Å²) in [5.74, 6) is 0.692. The molecule has 1 saturated heterocycles. The molecule has 2 aliphatic heterocycles. The molecule has 2 heterocycles. The number of ether oxygens (including phenoxy) is 1. The predicted molar refractivity (Wildman–Crippen MR) is 89.3 cm³/mol. The van der Waals surface area contributed by atoms with Crippen LogP contribution in [0.3, 0.4) is 0 Å². The number of hydrogen-bond donors (Lipinski definition) is 1. The SMILES string of the molecule is CC(C)OC1c2ccccc2C(=O)N1CC1CCNCC1.Cl. The van der Waals surface area contributed by atoms with E-state index in [0.717, 1.165) is 43.6 Å². The summed E-state index contributed by atoms with van der Waals surface area (Å²) in [5, 5.41) is 3.38. The van der Waals surface area contributed by atoms with Gasteiger partial charge in [0.2, 0.25) is 0 Å². The number of halogens is 1. The molecule has 122 valence electrons. The molecular formula is C17H25ClN2O2. The van der Waals surface area contributed by atoms with Crippen LogP contribution in [0.2, 0.25) is 0 Å². The molecule has 1 N–H and O–H groups in total. The monoisotopic (exact) mass is 324 g/mol. The molecule has 1 aromatic rings. The van der Waals surface area contributed by atoms with E-state index in [1.807, 2.05) is 43.0 Å². The van der Waals surface area contributed by atoms with E-state index in [1.165, 1.54) is 0 Å². The highest BCUT2D eigenvalue weighted by Gasteiger charge is 2.38. The normalized spacial score (nSPS) is 21.9. The van der Waals surface area contributed by atoms with Gasteiger partial charge in [-0.05, 0) is 51.8 Å². The lowest BCUT2D eigenvalue weighted by Gasteiger charge is -2.32. The third-order valence-corrected chi connectivity index (χ3v) is 4.32. The summed E-state index contributed by atoms with van der Waals surface area (Å²) in [6, 6.07) is 7.84. The van der Waals surface area contributed by atoms with Crippen molar-refractivity contribution < 1.29 is 9.53 Å². The lowest BCUT2D eigenvalue weighted by Crippen LogP contribution is -2.39. The van der Waals surface area contributed by atoms with Crippen LogP contribution < -0.4 is 5.32 Å². The minimum absolute atomic E-state index is 0. The Labute approximate surface area is 138 Å². The number of rotatable bonds is 4. The molecule has 0 spiro atoms. The summed E-state index contributed by atoms with van der Waals surface area (Å²) in [6.07, 6.45) is 2.15. The van der Waals surface area contributed by atoms with Gasteiger partial charge in [-0.1, -0.05) is 18.2 Å². The Morgan fingerprint density at radius 2 is 1.95 bits per heavy atom. The highest BCUT2D eigenvalue weighted by Crippen LogP contribution is 2.36. The molecule has 1 atom stereocenters. The predicted octanol–water partition coefficient (Wildman–Crippen LogP) is 2.99. The summed E-state index contributed by atoms with van der Waals surface area (Å²) < 4.78 is 6.05. The van der Waals surface area contributed by atoms with Gasteiger partial charge in [-0.25, -0.2) is 0 Å². The molecule has 0 aromatic heterocycles. The van der Waals surface area contributed by atoms with Crippen molar-refractivity contribution >= 4 is 18.3 Å². The number of hydrogen-bond acceptors (Lipinski definition) is 3. The number of amides is 1. The van der Waals surface area contributed by atoms with E-state index in [1.54, 1.807) is 0 Å². The molecule has 2 aliphatic rings. The fourth-order valence-corrected chi connectivity index (χ4v) is 3.26. The van der Waals surface area contributed by atoms with Crippen molar-refractivity contribution in [1.82, 2.24) is 10.2 Å². The third-order valence-electron chi connectivity index (χ3n) is 4.32. The van der Waals surface area contributed by atoms with Gasteiger partial charge in [-0.3, -0.25) is 4.79 Å². The Balaban J connectivity index is 0.00000176. The second-order valence-electron chi connectivity index (χ2n) is 6.28. The molecule has 1 unspecified atom stereocenters. The van der Waals surface area contributed by atoms with Crippen LogP contribution in [-0.2, 0) is 4.74 Å². The standard InChI is InChI=1S/C17H24N2O2.ClH/c1-12(2)21-17-15-6-4-3-5-14(15)16(20)19(17)11-13-7-9-18-10-8-13;/h3-6,12-13,17-18H,7-11H2,1-2H3;1H. The van der Waals surface area contributed by atoms with Crippen molar-refractivity contribution in [3.05, 3.63) is 35.4 Å². The summed E-state index contributed by atoms with van der Waals surface area (Å²) >= 11 is 0. The molecule has 0 bridgehead atoms. The van der Waals surface area contributed by atoms with Crippen molar-refractivity contribution in [3.63, 3.8) is 0 Å². The molecule has 0 aliphatic carbocycles. The first-order valence-corrected chi connectivity index (χ1v) is 7.93. The van der Waals surface area contributed by atoms with Gasteiger partial charge in [0.15, 0.2) is 6.23 Å². The lowest BCUT2D eigenvalue weighted by molar-refractivity contribution is -0.0736. The first-order chi connectivity index (χ1) is 10.2. The van der Waals surface area contributed by atoms with Gasteiger partial charge in [0.05, 0.1) is 6.10 Å². The van der Waals surface area contributed by atoms with Crippen LogP contribution in [0.15, 0.2) is 24.3 Å². The number of benzene rings is 1. The average molecular weight is 325 g/mol. The molecule has 1 fully saturated rings. The summed E-state index contributed by atoms with van der Waals surface area (Å²) in [7, 11) is 0. The van der Waals surface area contributed by atoms with Gasteiger partial charge in [-0.2, -0.15) is 0 Å². The van der Waals surface area contributed by atoms with Gasteiger partial charge >= 0.3 is 0 Å². The molecule has 1 amide bonds. The smallest absolute Gasteiger partial charge is 0.256 e. The topological polar surface area (TPSA) is 41.6 Å². The van der Waals surface area contributed by atoms with Crippen LogP contribution in [0.5, 0.6) is 0 Å². The van der Waals surface area contributed by atoms with E-state index >= 15 is 0 Å². The maximum atomic E-state index is 12.7. The fraction of sp³-hybridized carbons (Fsp3) is 0.588. The lowest BCUT2D eigenvalue weighted by atomic mass is 9.97. The Morgan fingerprint density at radius 3 is 2.64 bits per heavy atom. The molecule has 3 rings (SSSR count). The first-order valence-electron chi connectivity index (χ1n) is 7.93. The fourth-order valence-electron chi connectivity index (χ4n) is 3.26. The molecule has 5 heteroatoms. The summed E-state index contributed by atoms with van der Waals surface area (Å²) in [5.41, 5.74) is 1.82. The van der Waals surface area contributed by atoms with E-state index in [9.17, 15) is 4.79 Å². The van der Waals surface area contributed by atoms with E-state index in [0.29, 0.717) is 5.92 Å². The molecule has 4 nitrogen and oxygen atoms in total. The van der Waals surface area contributed by atoms with Gasteiger partial charge < -0.3 is 15.0 Å². The Kier molecular flexibility index (Phi) is 5.84. The van der Waals surface area contributed by atoms with E-state index in [-0.39, 0.29) is 30.6 Å². The zero-order chi connectivity index (χ0) is 14.8. The number of nitrogens with one attached hydrogen (secondary N) is 1. The number of piperidine rings is 1. The first kappa shape index (κ1) is 17.3. The van der Waals surface area contributed by atoms with Gasteiger partial charge in [0, 0.05) is 17.7 Å². The van der Waals surface area contributed by atoms with Crippen molar-refractivity contribution in [2.45, 2.75) is 39.0 Å². The zero-order valence-corrected chi connectivity index (χ0v) is 14.1. The Morgan fingerprint density at radius 1 is 1.27 bits per heavy atom.